The van der Waals surface area contributed by atoms with Crippen molar-refractivity contribution in [3.8, 4) is 11.5 Å². The van der Waals surface area contributed by atoms with Crippen LogP contribution in [0.1, 0.15) is 50.7 Å². The van der Waals surface area contributed by atoms with E-state index in [1.165, 1.54) is 40.9 Å². The van der Waals surface area contributed by atoms with Gasteiger partial charge in [0.1, 0.15) is 0 Å². The van der Waals surface area contributed by atoms with Gasteiger partial charge < -0.3 is 19.7 Å². The van der Waals surface area contributed by atoms with Crippen molar-refractivity contribution in [1.29, 1.82) is 0 Å². The fraction of sp³-hybridized carbons (Fsp3) is 0.429. The molecule has 0 aliphatic heterocycles. The number of aryl methyl sites for hydroxylation is 2. The highest BCUT2D eigenvalue weighted by Gasteiger charge is 2.21. The standard InChI is InChI=1S/C21H28N2O4S/c1-7-9-18-13(8-2)10-19(28-18)20(24)22-15-12-17(27-6)16(26-5)11-14(15)21(25)23(3)4/h10-12H,7-9H2,1-6H3,(H,22,24). The molecule has 0 aliphatic rings. The number of benzene rings is 1. The maximum Gasteiger partial charge on any atom is 0.265 e. The van der Waals surface area contributed by atoms with Crippen LogP contribution in [0, 0.1) is 0 Å². The van der Waals surface area contributed by atoms with Crippen LogP contribution in [0.25, 0.3) is 0 Å². The third-order valence-electron chi connectivity index (χ3n) is 4.39. The van der Waals surface area contributed by atoms with Gasteiger partial charge in [-0.1, -0.05) is 20.3 Å². The summed E-state index contributed by atoms with van der Waals surface area (Å²) in [6.45, 7) is 4.22. The normalized spacial score (nSPS) is 10.5. The Morgan fingerprint density at radius 3 is 2.25 bits per heavy atom. The van der Waals surface area contributed by atoms with E-state index in [1.807, 2.05) is 6.07 Å². The smallest absolute Gasteiger partial charge is 0.265 e. The highest BCUT2D eigenvalue weighted by molar-refractivity contribution is 7.14. The Kier molecular flexibility index (Phi) is 7.45. The van der Waals surface area contributed by atoms with Crippen molar-refractivity contribution < 1.29 is 19.1 Å². The fourth-order valence-electron chi connectivity index (χ4n) is 2.90. The number of rotatable bonds is 8. The molecule has 0 fully saturated rings. The van der Waals surface area contributed by atoms with Crippen LogP contribution in [-0.4, -0.2) is 45.0 Å². The first-order chi connectivity index (χ1) is 13.4. The van der Waals surface area contributed by atoms with Crippen molar-refractivity contribution in [3.05, 3.63) is 39.1 Å². The van der Waals surface area contributed by atoms with Crippen molar-refractivity contribution >= 4 is 28.8 Å². The van der Waals surface area contributed by atoms with E-state index >= 15 is 0 Å². The molecule has 0 aliphatic carbocycles. The van der Waals surface area contributed by atoms with E-state index < -0.39 is 0 Å². The third-order valence-corrected chi connectivity index (χ3v) is 5.62. The zero-order chi connectivity index (χ0) is 20.8. The Morgan fingerprint density at radius 2 is 1.71 bits per heavy atom. The fourth-order valence-corrected chi connectivity index (χ4v) is 4.15. The van der Waals surface area contributed by atoms with Gasteiger partial charge in [0.15, 0.2) is 11.5 Å². The first-order valence-corrected chi connectivity index (χ1v) is 10.1. The lowest BCUT2D eigenvalue weighted by Gasteiger charge is -2.17. The van der Waals surface area contributed by atoms with E-state index in [9.17, 15) is 9.59 Å². The third kappa shape index (κ3) is 4.65. The topological polar surface area (TPSA) is 67.9 Å². The van der Waals surface area contributed by atoms with Crippen molar-refractivity contribution in [2.75, 3.05) is 33.6 Å². The van der Waals surface area contributed by atoms with E-state index in [2.05, 4.69) is 19.2 Å². The van der Waals surface area contributed by atoms with Crippen LogP contribution >= 0.6 is 11.3 Å². The molecule has 1 N–H and O–H groups in total. The highest BCUT2D eigenvalue weighted by Crippen LogP contribution is 2.34. The molecule has 2 aromatic rings. The predicted octanol–water partition coefficient (Wildman–Crippen LogP) is 4.23. The first-order valence-electron chi connectivity index (χ1n) is 9.26. The molecule has 152 valence electrons. The quantitative estimate of drug-likeness (QED) is 0.715. The average Bonchev–Trinajstić information content (AvgIpc) is 3.10. The lowest BCUT2D eigenvalue weighted by molar-refractivity contribution is 0.0828. The second kappa shape index (κ2) is 9.59. The highest BCUT2D eigenvalue weighted by atomic mass is 32.1. The number of carbonyl (C=O) groups is 2. The van der Waals surface area contributed by atoms with Crippen LogP contribution in [0.3, 0.4) is 0 Å². The average molecular weight is 405 g/mol. The van der Waals surface area contributed by atoms with Crippen molar-refractivity contribution in [2.24, 2.45) is 0 Å². The molecule has 28 heavy (non-hydrogen) atoms. The Bertz CT molecular complexity index is 858. The summed E-state index contributed by atoms with van der Waals surface area (Å²) in [6, 6.07) is 5.15. The van der Waals surface area contributed by atoms with E-state index in [0.29, 0.717) is 27.6 Å². The Labute approximate surface area is 170 Å². The molecule has 7 heteroatoms. The van der Waals surface area contributed by atoms with Gasteiger partial charge in [-0.2, -0.15) is 0 Å². The molecule has 1 aromatic carbocycles. The number of amides is 2. The van der Waals surface area contributed by atoms with E-state index in [0.717, 1.165) is 19.3 Å². The minimum atomic E-state index is -0.234. The number of ether oxygens (including phenoxy) is 2. The summed E-state index contributed by atoms with van der Waals surface area (Å²) in [5.41, 5.74) is 1.94. The second-order valence-corrected chi connectivity index (χ2v) is 7.71. The van der Waals surface area contributed by atoms with Gasteiger partial charge in [-0.25, -0.2) is 0 Å². The molecule has 0 radical (unpaired) electrons. The predicted molar refractivity (Wildman–Crippen MR) is 113 cm³/mol. The van der Waals surface area contributed by atoms with Gasteiger partial charge in [-0.05, 0) is 30.5 Å². The largest absolute Gasteiger partial charge is 0.493 e. The van der Waals surface area contributed by atoms with Gasteiger partial charge in [0.05, 0.1) is 30.3 Å². The number of nitrogens with zero attached hydrogens (tertiary/aromatic N) is 1. The van der Waals surface area contributed by atoms with Crippen LogP contribution in [-0.2, 0) is 12.8 Å². The number of nitrogens with one attached hydrogen (secondary N) is 1. The van der Waals surface area contributed by atoms with Crippen LogP contribution < -0.4 is 14.8 Å². The number of hydrogen-bond acceptors (Lipinski definition) is 5. The number of thiophene rings is 1. The van der Waals surface area contributed by atoms with Gasteiger partial charge in [0, 0.05) is 25.0 Å². The van der Waals surface area contributed by atoms with Gasteiger partial charge in [0.2, 0.25) is 0 Å². The molecular formula is C21H28N2O4S. The summed E-state index contributed by atoms with van der Waals surface area (Å²) in [7, 11) is 6.34. The molecule has 0 saturated heterocycles. The lowest BCUT2D eigenvalue weighted by atomic mass is 10.1. The van der Waals surface area contributed by atoms with Gasteiger partial charge in [0.25, 0.3) is 11.8 Å². The number of hydrogen-bond donors (Lipinski definition) is 1. The summed E-state index contributed by atoms with van der Waals surface area (Å²) in [4.78, 5) is 28.9. The summed E-state index contributed by atoms with van der Waals surface area (Å²) in [5, 5.41) is 2.88. The van der Waals surface area contributed by atoms with Gasteiger partial charge >= 0.3 is 0 Å². The molecule has 0 unspecified atom stereocenters. The maximum atomic E-state index is 12.9. The molecule has 1 heterocycles. The Hall–Kier alpha value is -2.54. The maximum absolute atomic E-state index is 12.9. The lowest BCUT2D eigenvalue weighted by Crippen LogP contribution is -2.24. The molecule has 0 atom stereocenters. The van der Waals surface area contributed by atoms with Crippen molar-refractivity contribution in [3.63, 3.8) is 0 Å². The zero-order valence-corrected chi connectivity index (χ0v) is 18.2. The minimum absolute atomic E-state index is 0.233. The SMILES string of the molecule is CCCc1sc(C(=O)Nc2cc(OC)c(OC)cc2C(=O)N(C)C)cc1CC. The van der Waals surface area contributed by atoms with Gasteiger partial charge in [-0.3, -0.25) is 9.59 Å². The van der Waals surface area contributed by atoms with Crippen molar-refractivity contribution in [1.82, 2.24) is 4.90 Å². The molecule has 2 amide bonds. The van der Waals surface area contributed by atoms with Crippen molar-refractivity contribution in [2.45, 2.75) is 33.1 Å². The molecule has 6 nitrogen and oxygen atoms in total. The summed E-state index contributed by atoms with van der Waals surface area (Å²) >= 11 is 1.51. The Balaban J connectivity index is 2.43. The monoisotopic (exact) mass is 404 g/mol. The number of anilines is 1. The summed E-state index contributed by atoms with van der Waals surface area (Å²) in [5.74, 6) is 0.408. The second-order valence-electron chi connectivity index (χ2n) is 6.57. The molecule has 1 aromatic heterocycles. The summed E-state index contributed by atoms with van der Waals surface area (Å²) < 4.78 is 10.6. The molecule has 0 saturated carbocycles. The minimum Gasteiger partial charge on any atom is -0.493 e. The van der Waals surface area contributed by atoms with E-state index in [1.54, 1.807) is 26.2 Å². The van der Waals surface area contributed by atoms with Crippen LogP contribution in [0.15, 0.2) is 18.2 Å². The van der Waals surface area contributed by atoms with Gasteiger partial charge in [-0.15, -0.1) is 11.3 Å². The molecule has 0 bridgehead atoms. The number of methoxy groups -OCH3 is 2. The zero-order valence-electron chi connectivity index (χ0n) is 17.3. The van der Waals surface area contributed by atoms with E-state index in [-0.39, 0.29) is 11.8 Å². The molecular weight excluding hydrogens is 376 g/mol. The van der Waals surface area contributed by atoms with E-state index in [4.69, 9.17) is 9.47 Å². The van der Waals surface area contributed by atoms with Crippen LogP contribution in [0.2, 0.25) is 0 Å². The molecule has 2 rings (SSSR count). The van der Waals surface area contributed by atoms with Crippen LogP contribution in [0.4, 0.5) is 5.69 Å². The van der Waals surface area contributed by atoms with Crippen LogP contribution in [0.5, 0.6) is 11.5 Å². The number of carbonyl (C=O) groups excluding carboxylic acids is 2. The summed E-state index contributed by atoms with van der Waals surface area (Å²) in [6.07, 6.45) is 2.88. The Morgan fingerprint density at radius 1 is 1.07 bits per heavy atom. The first kappa shape index (κ1) is 21.8. The molecule has 0 spiro atoms.